The van der Waals surface area contributed by atoms with Crippen molar-refractivity contribution in [2.24, 2.45) is 0 Å². The number of nitrogens with two attached hydrogens (primary N) is 1. The van der Waals surface area contributed by atoms with Crippen molar-refractivity contribution in [3.63, 3.8) is 0 Å². The van der Waals surface area contributed by atoms with Crippen molar-refractivity contribution in [2.45, 2.75) is 26.0 Å². The monoisotopic (exact) mass is 334 g/mol. The normalized spacial score (nSPS) is 10.9. The van der Waals surface area contributed by atoms with Crippen LogP contribution in [0.3, 0.4) is 0 Å². The minimum Gasteiger partial charge on any atom is -0.473 e. The Kier molecular flexibility index (Phi) is 5.14. The van der Waals surface area contributed by atoms with E-state index in [9.17, 15) is 0 Å². The Labute approximate surface area is 147 Å². The van der Waals surface area contributed by atoms with Gasteiger partial charge in [0.15, 0.2) is 5.82 Å². The first-order chi connectivity index (χ1) is 12.1. The first-order valence-electron chi connectivity index (χ1n) is 8.28. The van der Waals surface area contributed by atoms with Gasteiger partial charge in [-0.05, 0) is 25.0 Å². The highest BCUT2D eigenvalue weighted by Crippen LogP contribution is 2.31. The average Bonchev–Trinajstić information content (AvgIpc) is 2.63. The molecule has 0 unspecified atom stereocenters. The van der Waals surface area contributed by atoms with Gasteiger partial charge in [0.2, 0.25) is 5.88 Å². The molecule has 3 aromatic rings. The standard InChI is InChI=1S/C20H22N4O/c1-14(2)25-20-17(21)19(22-13-23-20)24-18(15-9-5-3-6-10-15)16-11-7-4-8-12-16/h3-14,18H,21H2,1-2H3,(H,22,23,24). The van der Waals surface area contributed by atoms with Crippen LogP contribution in [0.2, 0.25) is 0 Å². The Hall–Kier alpha value is -3.08. The molecule has 0 saturated heterocycles. The van der Waals surface area contributed by atoms with Crippen LogP contribution < -0.4 is 15.8 Å². The highest BCUT2D eigenvalue weighted by Gasteiger charge is 2.18. The van der Waals surface area contributed by atoms with Crippen LogP contribution in [0, 0.1) is 0 Å². The molecule has 0 amide bonds. The lowest BCUT2D eigenvalue weighted by Gasteiger charge is -2.22. The zero-order valence-corrected chi connectivity index (χ0v) is 14.4. The smallest absolute Gasteiger partial charge is 0.242 e. The predicted octanol–water partition coefficient (Wildman–Crippen LogP) is 4.05. The maximum absolute atomic E-state index is 6.22. The Bertz CT molecular complexity index is 767. The molecule has 128 valence electrons. The van der Waals surface area contributed by atoms with Crippen LogP contribution >= 0.6 is 0 Å². The highest BCUT2D eigenvalue weighted by atomic mass is 16.5. The Morgan fingerprint density at radius 3 is 1.96 bits per heavy atom. The molecule has 2 aromatic carbocycles. The number of hydrogen-bond acceptors (Lipinski definition) is 5. The van der Waals surface area contributed by atoms with Gasteiger partial charge in [0.1, 0.15) is 12.0 Å². The van der Waals surface area contributed by atoms with E-state index in [1.165, 1.54) is 6.33 Å². The summed E-state index contributed by atoms with van der Waals surface area (Å²) in [4.78, 5) is 8.44. The van der Waals surface area contributed by atoms with Gasteiger partial charge in [-0.1, -0.05) is 60.7 Å². The molecule has 3 N–H and O–H groups in total. The van der Waals surface area contributed by atoms with Crippen molar-refractivity contribution in [2.75, 3.05) is 11.1 Å². The summed E-state index contributed by atoms with van der Waals surface area (Å²) in [6.45, 7) is 3.87. The zero-order chi connectivity index (χ0) is 17.6. The molecule has 1 heterocycles. The number of aromatic nitrogens is 2. The second-order valence-electron chi connectivity index (χ2n) is 6.01. The molecule has 0 fully saturated rings. The minimum absolute atomic E-state index is 0.0101. The number of nitrogen functional groups attached to an aromatic ring is 1. The summed E-state index contributed by atoms with van der Waals surface area (Å²) >= 11 is 0. The number of hydrogen-bond donors (Lipinski definition) is 2. The second kappa shape index (κ2) is 7.66. The topological polar surface area (TPSA) is 73.1 Å². The lowest BCUT2D eigenvalue weighted by molar-refractivity contribution is 0.234. The molecular formula is C20H22N4O. The van der Waals surface area contributed by atoms with Crippen LogP contribution in [0.15, 0.2) is 67.0 Å². The fourth-order valence-electron chi connectivity index (χ4n) is 2.60. The van der Waals surface area contributed by atoms with Crippen LogP contribution in [0.25, 0.3) is 0 Å². The molecule has 1 aromatic heterocycles. The van der Waals surface area contributed by atoms with E-state index in [2.05, 4.69) is 39.6 Å². The molecule has 0 spiro atoms. The van der Waals surface area contributed by atoms with E-state index in [0.29, 0.717) is 17.4 Å². The number of ether oxygens (including phenoxy) is 1. The van der Waals surface area contributed by atoms with Gasteiger partial charge in [0, 0.05) is 0 Å². The van der Waals surface area contributed by atoms with E-state index >= 15 is 0 Å². The van der Waals surface area contributed by atoms with Crippen LogP contribution in [0.5, 0.6) is 5.88 Å². The Morgan fingerprint density at radius 2 is 1.44 bits per heavy atom. The molecule has 25 heavy (non-hydrogen) atoms. The van der Waals surface area contributed by atoms with E-state index in [1.807, 2.05) is 50.2 Å². The SMILES string of the molecule is CC(C)Oc1ncnc(NC(c2ccccc2)c2ccccc2)c1N. The molecule has 3 rings (SSSR count). The van der Waals surface area contributed by atoms with Crippen LogP contribution in [0.1, 0.15) is 31.0 Å². The average molecular weight is 334 g/mol. The summed E-state index contributed by atoms with van der Waals surface area (Å²) in [5.41, 5.74) is 8.88. The first kappa shape index (κ1) is 16.8. The van der Waals surface area contributed by atoms with Crippen LogP contribution in [0.4, 0.5) is 11.5 Å². The quantitative estimate of drug-likeness (QED) is 0.711. The summed E-state index contributed by atoms with van der Waals surface area (Å²) in [6.07, 6.45) is 1.45. The summed E-state index contributed by atoms with van der Waals surface area (Å²) in [6, 6.07) is 20.3. The number of rotatable bonds is 6. The van der Waals surface area contributed by atoms with Gasteiger partial charge in [0.05, 0.1) is 12.1 Å². The number of anilines is 2. The largest absolute Gasteiger partial charge is 0.473 e. The van der Waals surface area contributed by atoms with Gasteiger partial charge in [-0.15, -0.1) is 0 Å². The third-order valence-electron chi connectivity index (χ3n) is 3.74. The minimum atomic E-state index is -0.0773. The van der Waals surface area contributed by atoms with E-state index in [0.717, 1.165) is 11.1 Å². The van der Waals surface area contributed by atoms with Crippen molar-refractivity contribution in [1.29, 1.82) is 0 Å². The third-order valence-corrected chi connectivity index (χ3v) is 3.74. The lowest BCUT2D eigenvalue weighted by Crippen LogP contribution is -2.16. The van der Waals surface area contributed by atoms with Crippen molar-refractivity contribution >= 4 is 11.5 Å². The molecule has 0 atom stereocenters. The lowest BCUT2D eigenvalue weighted by atomic mass is 9.99. The van der Waals surface area contributed by atoms with E-state index < -0.39 is 0 Å². The Morgan fingerprint density at radius 1 is 0.880 bits per heavy atom. The molecule has 0 aliphatic rings. The van der Waals surface area contributed by atoms with Crippen LogP contribution in [-0.2, 0) is 0 Å². The third kappa shape index (κ3) is 4.07. The molecule has 0 aliphatic carbocycles. The molecule has 0 saturated carbocycles. The van der Waals surface area contributed by atoms with Crippen LogP contribution in [-0.4, -0.2) is 16.1 Å². The molecule has 0 radical (unpaired) electrons. The molecule has 0 bridgehead atoms. The summed E-state index contributed by atoms with van der Waals surface area (Å²) in [5, 5.41) is 3.44. The van der Waals surface area contributed by atoms with Gasteiger partial charge in [-0.25, -0.2) is 4.98 Å². The molecule has 5 heteroatoms. The maximum atomic E-state index is 6.22. The summed E-state index contributed by atoms with van der Waals surface area (Å²) in [5.74, 6) is 0.954. The summed E-state index contributed by atoms with van der Waals surface area (Å²) < 4.78 is 5.66. The van der Waals surface area contributed by atoms with E-state index in [4.69, 9.17) is 10.5 Å². The van der Waals surface area contributed by atoms with Gasteiger partial charge in [-0.2, -0.15) is 4.98 Å². The predicted molar refractivity (Wildman–Crippen MR) is 101 cm³/mol. The number of nitrogens with zero attached hydrogens (tertiary/aromatic N) is 2. The number of nitrogens with one attached hydrogen (secondary N) is 1. The number of benzene rings is 2. The van der Waals surface area contributed by atoms with E-state index in [1.54, 1.807) is 0 Å². The molecule has 0 aliphatic heterocycles. The Balaban J connectivity index is 1.97. The zero-order valence-electron chi connectivity index (χ0n) is 14.4. The van der Waals surface area contributed by atoms with Crippen molar-refractivity contribution < 1.29 is 4.74 Å². The van der Waals surface area contributed by atoms with Gasteiger partial charge < -0.3 is 15.8 Å². The summed E-state index contributed by atoms with van der Waals surface area (Å²) in [7, 11) is 0. The van der Waals surface area contributed by atoms with Gasteiger partial charge in [0.25, 0.3) is 0 Å². The second-order valence-corrected chi connectivity index (χ2v) is 6.01. The fraction of sp³-hybridized carbons (Fsp3) is 0.200. The van der Waals surface area contributed by atoms with Crippen molar-refractivity contribution in [3.05, 3.63) is 78.1 Å². The van der Waals surface area contributed by atoms with Gasteiger partial charge in [-0.3, -0.25) is 0 Å². The van der Waals surface area contributed by atoms with E-state index in [-0.39, 0.29) is 12.1 Å². The first-order valence-corrected chi connectivity index (χ1v) is 8.28. The maximum Gasteiger partial charge on any atom is 0.242 e. The fourth-order valence-corrected chi connectivity index (χ4v) is 2.60. The van der Waals surface area contributed by atoms with Crippen molar-refractivity contribution in [1.82, 2.24) is 9.97 Å². The van der Waals surface area contributed by atoms with Crippen molar-refractivity contribution in [3.8, 4) is 5.88 Å². The molecule has 5 nitrogen and oxygen atoms in total. The highest BCUT2D eigenvalue weighted by molar-refractivity contribution is 5.67. The van der Waals surface area contributed by atoms with Gasteiger partial charge >= 0.3 is 0 Å². The molecular weight excluding hydrogens is 312 g/mol.